The van der Waals surface area contributed by atoms with E-state index in [9.17, 15) is 4.79 Å². The van der Waals surface area contributed by atoms with E-state index in [-0.39, 0.29) is 11.8 Å². The molecule has 1 aromatic carbocycles. The van der Waals surface area contributed by atoms with Gasteiger partial charge in [-0.05, 0) is 19.3 Å². The number of carbonyl (C=O) groups excluding carboxylic acids is 1. The molecule has 22 heavy (non-hydrogen) atoms. The Kier molecular flexibility index (Phi) is 4.51. The molecule has 1 fully saturated rings. The molecule has 1 saturated heterocycles. The van der Waals surface area contributed by atoms with E-state index < -0.39 is 0 Å². The summed E-state index contributed by atoms with van der Waals surface area (Å²) < 4.78 is 5.44. The van der Waals surface area contributed by atoms with Crippen molar-refractivity contribution in [2.45, 2.75) is 38.5 Å². The summed E-state index contributed by atoms with van der Waals surface area (Å²) >= 11 is 0. The van der Waals surface area contributed by atoms with Gasteiger partial charge < -0.3 is 9.42 Å². The van der Waals surface area contributed by atoms with Gasteiger partial charge in [0, 0.05) is 31.0 Å². The van der Waals surface area contributed by atoms with Crippen molar-refractivity contribution in [2.75, 3.05) is 13.1 Å². The highest BCUT2D eigenvalue weighted by atomic mass is 16.5. The molecule has 0 bridgehead atoms. The monoisotopic (exact) mass is 299 g/mol. The molecule has 0 saturated carbocycles. The second-order valence-corrected chi connectivity index (χ2v) is 5.73. The van der Waals surface area contributed by atoms with Crippen LogP contribution in [-0.4, -0.2) is 34.0 Å². The molecule has 2 heterocycles. The van der Waals surface area contributed by atoms with Crippen LogP contribution in [0.4, 0.5) is 0 Å². The number of piperidine rings is 1. The number of aromatic nitrogens is 2. The predicted octanol–water partition coefficient (Wildman–Crippen LogP) is 3.24. The molecule has 0 radical (unpaired) electrons. The normalized spacial score (nSPS) is 16.0. The summed E-state index contributed by atoms with van der Waals surface area (Å²) in [7, 11) is 0. The molecule has 1 aromatic heterocycles. The van der Waals surface area contributed by atoms with Crippen LogP contribution in [0.2, 0.25) is 0 Å². The van der Waals surface area contributed by atoms with Gasteiger partial charge in [-0.25, -0.2) is 0 Å². The van der Waals surface area contributed by atoms with Crippen LogP contribution in [0.3, 0.4) is 0 Å². The smallest absolute Gasteiger partial charge is 0.230 e. The minimum Gasteiger partial charge on any atom is -0.343 e. The molecule has 0 unspecified atom stereocenters. The highest BCUT2D eigenvalue weighted by Crippen LogP contribution is 2.28. The Labute approximate surface area is 130 Å². The van der Waals surface area contributed by atoms with Crippen molar-refractivity contribution in [1.29, 1.82) is 0 Å². The number of likely N-dealkylation sites (tertiary alicyclic amines) is 1. The first-order valence-corrected chi connectivity index (χ1v) is 7.94. The molecule has 1 amide bonds. The van der Waals surface area contributed by atoms with E-state index in [0.717, 1.165) is 37.9 Å². The highest BCUT2D eigenvalue weighted by molar-refractivity contribution is 5.76. The molecule has 1 aliphatic rings. The molecule has 0 spiro atoms. The lowest BCUT2D eigenvalue weighted by Crippen LogP contribution is -2.37. The van der Waals surface area contributed by atoms with Crippen molar-refractivity contribution < 1.29 is 9.32 Å². The summed E-state index contributed by atoms with van der Waals surface area (Å²) in [6.07, 6.45) is 3.34. The summed E-state index contributed by atoms with van der Waals surface area (Å²) in [6.45, 7) is 3.60. The quantitative estimate of drug-likeness (QED) is 0.869. The topological polar surface area (TPSA) is 59.2 Å². The molecule has 5 nitrogen and oxygen atoms in total. The molecule has 2 aromatic rings. The fourth-order valence-corrected chi connectivity index (χ4v) is 2.85. The van der Waals surface area contributed by atoms with Gasteiger partial charge >= 0.3 is 0 Å². The maximum absolute atomic E-state index is 11.9. The van der Waals surface area contributed by atoms with Gasteiger partial charge in [0.1, 0.15) is 0 Å². The molecule has 3 rings (SSSR count). The van der Waals surface area contributed by atoms with Gasteiger partial charge in [0.05, 0.1) is 0 Å². The number of rotatable bonds is 4. The van der Waals surface area contributed by atoms with Crippen molar-refractivity contribution in [2.24, 2.45) is 0 Å². The number of benzene rings is 1. The molecule has 5 heteroatoms. The lowest BCUT2D eigenvalue weighted by Gasteiger charge is -2.30. The SMILES string of the molecule is CCCC(=O)N1CCC(c2nc(-c3ccccc3)no2)CC1. The second-order valence-electron chi connectivity index (χ2n) is 5.73. The van der Waals surface area contributed by atoms with Crippen molar-refractivity contribution in [1.82, 2.24) is 15.0 Å². The molecule has 0 aliphatic carbocycles. The largest absolute Gasteiger partial charge is 0.343 e. The van der Waals surface area contributed by atoms with E-state index in [2.05, 4.69) is 10.1 Å². The average molecular weight is 299 g/mol. The number of amides is 1. The number of hydrogen-bond donors (Lipinski definition) is 0. The molecular formula is C17H21N3O2. The molecular weight excluding hydrogens is 278 g/mol. The van der Waals surface area contributed by atoms with Gasteiger partial charge in [-0.1, -0.05) is 42.4 Å². The zero-order valence-electron chi connectivity index (χ0n) is 12.9. The minimum atomic E-state index is 0.260. The van der Waals surface area contributed by atoms with Crippen LogP contribution in [0, 0.1) is 0 Å². The first-order chi connectivity index (χ1) is 10.8. The van der Waals surface area contributed by atoms with Crippen LogP contribution < -0.4 is 0 Å². The van der Waals surface area contributed by atoms with Crippen LogP contribution >= 0.6 is 0 Å². The van der Waals surface area contributed by atoms with Gasteiger partial charge in [-0.15, -0.1) is 0 Å². The number of hydrogen-bond acceptors (Lipinski definition) is 4. The molecule has 116 valence electrons. The average Bonchev–Trinajstić information content (AvgIpc) is 3.06. The third-order valence-electron chi connectivity index (χ3n) is 4.13. The van der Waals surface area contributed by atoms with Crippen LogP contribution in [0.25, 0.3) is 11.4 Å². The van der Waals surface area contributed by atoms with Crippen LogP contribution in [0.15, 0.2) is 34.9 Å². The van der Waals surface area contributed by atoms with Gasteiger partial charge in [-0.2, -0.15) is 4.98 Å². The Morgan fingerprint density at radius 1 is 1.27 bits per heavy atom. The number of carbonyl (C=O) groups is 1. The van der Waals surface area contributed by atoms with Crippen molar-refractivity contribution in [3.05, 3.63) is 36.2 Å². The summed E-state index contributed by atoms with van der Waals surface area (Å²) in [5.74, 6) is 1.86. The fourth-order valence-electron chi connectivity index (χ4n) is 2.85. The maximum atomic E-state index is 11.9. The zero-order chi connectivity index (χ0) is 15.4. The maximum Gasteiger partial charge on any atom is 0.230 e. The lowest BCUT2D eigenvalue weighted by molar-refractivity contribution is -0.132. The van der Waals surface area contributed by atoms with Gasteiger partial charge in [0.15, 0.2) is 0 Å². The molecule has 0 atom stereocenters. The first-order valence-electron chi connectivity index (χ1n) is 7.94. The Morgan fingerprint density at radius 3 is 2.68 bits per heavy atom. The molecule has 1 aliphatic heterocycles. The van der Waals surface area contributed by atoms with Crippen molar-refractivity contribution >= 4 is 5.91 Å². The van der Waals surface area contributed by atoms with E-state index in [4.69, 9.17) is 4.52 Å². The first kappa shape index (κ1) is 14.8. The molecule has 0 N–H and O–H groups in total. The Bertz CT molecular complexity index is 616. The summed E-state index contributed by atoms with van der Waals surface area (Å²) in [4.78, 5) is 18.4. The van der Waals surface area contributed by atoms with Crippen LogP contribution in [-0.2, 0) is 4.79 Å². The lowest BCUT2D eigenvalue weighted by atomic mass is 9.96. The minimum absolute atomic E-state index is 0.260. The summed E-state index contributed by atoms with van der Waals surface area (Å²) in [5.41, 5.74) is 0.966. The van der Waals surface area contributed by atoms with E-state index in [1.165, 1.54) is 0 Å². The van der Waals surface area contributed by atoms with Gasteiger partial charge in [0.25, 0.3) is 0 Å². The Hall–Kier alpha value is -2.17. The van der Waals surface area contributed by atoms with Crippen LogP contribution in [0.1, 0.15) is 44.4 Å². The van der Waals surface area contributed by atoms with Crippen LogP contribution in [0.5, 0.6) is 0 Å². The standard InChI is InChI=1S/C17H21N3O2/c1-2-6-15(21)20-11-9-14(10-12-20)17-18-16(19-22-17)13-7-4-3-5-8-13/h3-5,7-8,14H,2,6,9-12H2,1H3. The van der Waals surface area contributed by atoms with Gasteiger partial charge in [-0.3, -0.25) is 4.79 Å². The Morgan fingerprint density at radius 2 is 2.00 bits per heavy atom. The third kappa shape index (κ3) is 3.18. The fraction of sp³-hybridized carbons (Fsp3) is 0.471. The van der Waals surface area contributed by atoms with Crippen molar-refractivity contribution in [3.8, 4) is 11.4 Å². The zero-order valence-corrected chi connectivity index (χ0v) is 12.9. The van der Waals surface area contributed by atoms with E-state index in [0.29, 0.717) is 18.1 Å². The summed E-state index contributed by atoms with van der Waals surface area (Å²) in [5, 5.41) is 4.08. The summed E-state index contributed by atoms with van der Waals surface area (Å²) in [6, 6.07) is 9.83. The van der Waals surface area contributed by atoms with E-state index in [1.54, 1.807) is 0 Å². The van der Waals surface area contributed by atoms with E-state index >= 15 is 0 Å². The van der Waals surface area contributed by atoms with Gasteiger partial charge in [0.2, 0.25) is 17.6 Å². The number of nitrogens with zero attached hydrogens (tertiary/aromatic N) is 3. The van der Waals surface area contributed by atoms with Crippen molar-refractivity contribution in [3.63, 3.8) is 0 Å². The second kappa shape index (κ2) is 6.73. The predicted molar refractivity (Wildman–Crippen MR) is 83.2 cm³/mol. The highest BCUT2D eigenvalue weighted by Gasteiger charge is 2.27. The third-order valence-corrected chi connectivity index (χ3v) is 4.13. The Balaban J connectivity index is 1.63. The van der Waals surface area contributed by atoms with E-state index in [1.807, 2.05) is 42.2 Å².